The van der Waals surface area contributed by atoms with Crippen molar-refractivity contribution >= 4 is 5.78 Å². The Bertz CT molecular complexity index is 629. The predicted octanol–water partition coefficient (Wildman–Crippen LogP) is 3.31. The van der Waals surface area contributed by atoms with Crippen LogP contribution in [0.5, 0.6) is 0 Å². The van der Waals surface area contributed by atoms with Crippen LogP contribution in [0.1, 0.15) is 49.0 Å². The number of Topliss-reactive ketones (excluding diaryl/α,β-unsaturated/α-hetero) is 1. The van der Waals surface area contributed by atoms with Crippen LogP contribution in [-0.4, -0.2) is 15.6 Å². The first-order chi connectivity index (χ1) is 9.69. The van der Waals surface area contributed by atoms with Gasteiger partial charge in [0.25, 0.3) is 0 Å². The zero-order valence-corrected chi connectivity index (χ0v) is 12.0. The smallest absolute Gasteiger partial charge is 0.146 e. The molecule has 0 saturated carbocycles. The number of carbonyl (C=O) groups is 1. The Hall–Kier alpha value is -1.90. The van der Waals surface area contributed by atoms with E-state index in [-0.39, 0.29) is 11.7 Å². The molecule has 0 N–H and O–H groups in total. The van der Waals surface area contributed by atoms with E-state index in [2.05, 4.69) is 31.1 Å². The van der Waals surface area contributed by atoms with E-state index in [0.717, 1.165) is 18.5 Å². The summed E-state index contributed by atoms with van der Waals surface area (Å²) in [4.78, 5) is 12.4. The van der Waals surface area contributed by atoms with E-state index < -0.39 is 0 Å². The summed E-state index contributed by atoms with van der Waals surface area (Å²) in [6, 6.07) is 10.6. The van der Waals surface area contributed by atoms with Crippen molar-refractivity contribution in [2.75, 3.05) is 0 Å². The Morgan fingerprint density at radius 2 is 2.20 bits per heavy atom. The number of rotatable bonds is 5. The minimum atomic E-state index is 0.0833. The normalized spacial score (nSPS) is 18.2. The molecule has 20 heavy (non-hydrogen) atoms. The summed E-state index contributed by atoms with van der Waals surface area (Å²) in [5.41, 5.74) is 3.41. The van der Waals surface area contributed by atoms with Gasteiger partial charge in [-0.1, -0.05) is 31.2 Å². The fourth-order valence-corrected chi connectivity index (χ4v) is 2.75. The van der Waals surface area contributed by atoms with Crippen molar-refractivity contribution in [1.29, 1.82) is 0 Å². The number of nitrogens with zero attached hydrogens (tertiary/aromatic N) is 2. The molecule has 1 aliphatic rings. The number of hydrogen-bond acceptors (Lipinski definition) is 2. The van der Waals surface area contributed by atoms with Gasteiger partial charge in [-0.25, -0.2) is 0 Å². The number of benzene rings is 1. The van der Waals surface area contributed by atoms with Crippen LogP contribution in [0.15, 0.2) is 36.5 Å². The third-order valence-corrected chi connectivity index (χ3v) is 4.30. The van der Waals surface area contributed by atoms with Crippen molar-refractivity contribution in [2.45, 2.75) is 45.1 Å². The molecule has 2 aromatic rings. The van der Waals surface area contributed by atoms with Gasteiger partial charge in [-0.2, -0.15) is 5.10 Å². The van der Waals surface area contributed by atoms with Gasteiger partial charge in [-0.15, -0.1) is 0 Å². The van der Waals surface area contributed by atoms with Crippen LogP contribution in [-0.2, 0) is 17.6 Å². The van der Waals surface area contributed by atoms with E-state index in [1.165, 1.54) is 11.1 Å². The van der Waals surface area contributed by atoms with Gasteiger partial charge in [0.15, 0.2) is 0 Å². The maximum absolute atomic E-state index is 12.4. The van der Waals surface area contributed by atoms with Crippen molar-refractivity contribution in [2.24, 2.45) is 0 Å². The number of ketones is 1. The minimum absolute atomic E-state index is 0.0833. The number of aromatic nitrogens is 2. The van der Waals surface area contributed by atoms with E-state index in [1.807, 2.05) is 29.1 Å². The average Bonchev–Trinajstić information content (AvgIpc) is 2.87. The Labute approximate surface area is 119 Å². The predicted molar refractivity (Wildman–Crippen MR) is 78.8 cm³/mol. The summed E-state index contributed by atoms with van der Waals surface area (Å²) < 4.78 is 1.96. The highest BCUT2D eigenvalue weighted by Gasteiger charge is 2.31. The van der Waals surface area contributed by atoms with Crippen LogP contribution in [0, 0.1) is 0 Å². The molecule has 1 aromatic carbocycles. The van der Waals surface area contributed by atoms with E-state index in [9.17, 15) is 4.79 Å². The molecule has 0 fully saturated rings. The fourth-order valence-electron chi connectivity index (χ4n) is 2.75. The Morgan fingerprint density at radius 1 is 1.40 bits per heavy atom. The summed E-state index contributed by atoms with van der Waals surface area (Å²) in [5, 5.41) is 4.51. The lowest BCUT2D eigenvalue weighted by atomic mass is 9.74. The van der Waals surface area contributed by atoms with Gasteiger partial charge in [-0.3, -0.25) is 9.48 Å². The van der Waals surface area contributed by atoms with Gasteiger partial charge in [0.1, 0.15) is 5.78 Å². The standard InChI is InChI=1S/C17H20N2O/c1-3-12(2)19-9-8-14(18-19)11-17(20)16-10-13-6-4-5-7-15(13)16/h4-9,12,16H,3,10-11H2,1-2H3. The molecular formula is C17H20N2O. The summed E-state index contributed by atoms with van der Waals surface area (Å²) >= 11 is 0. The van der Waals surface area contributed by atoms with Gasteiger partial charge in [-0.05, 0) is 37.0 Å². The molecule has 0 saturated heterocycles. The van der Waals surface area contributed by atoms with Crippen molar-refractivity contribution in [1.82, 2.24) is 9.78 Å². The first-order valence-electron chi connectivity index (χ1n) is 7.33. The Kier molecular flexibility index (Phi) is 3.43. The molecule has 3 nitrogen and oxygen atoms in total. The highest BCUT2D eigenvalue weighted by atomic mass is 16.1. The summed E-state index contributed by atoms with van der Waals surface area (Å²) in [6.45, 7) is 4.28. The molecule has 1 aliphatic carbocycles. The molecule has 0 spiro atoms. The average molecular weight is 268 g/mol. The molecule has 0 amide bonds. The minimum Gasteiger partial charge on any atom is -0.299 e. The number of carbonyl (C=O) groups excluding carboxylic acids is 1. The third kappa shape index (κ3) is 2.28. The molecule has 0 aliphatic heterocycles. The van der Waals surface area contributed by atoms with Gasteiger partial charge in [0.2, 0.25) is 0 Å². The molecule has 0 radical (unpaired) electrons. The maximum Gasteiger partial charge on any atom is 0.146 e. The molecule has 0 bridgehead atoms. The van der Waals surface area contributed by atoms with Gasteiger partial charge >= 0.3 is 0 Å². The van der Waals surface area contributed by atoms with Crippen LogP contribution in [0.3, 0.4) is 0 Å². The molecule has 1 heterocycles. The van der Waals surface area contributed by atoms with Crippen LogP contribution >= 0.6 is 0 Å². The zero-order chi connectivity index (χ0) is 14.1. The second-order valence-corrected chi connectivity index (χ2v) is 5.64. The molecule has 104 valence electrons. The largest absolute Gasteiger partial charge is 0.299 e. The number of fused-ring (bicyclic) bond motifs is 1. The molecule has 2 unspecified atom stereocenters. The highest BCUT2D eigenvalue weighted by Crippen LogP contribution is 2.35. The van der Waals surface area contributed by atoms with Gasteiger partial charge in [0, 0.05) is 18.2 Å². The van der Waals surface area contributed by atoms with E-state index in [1.54, 1.807) is 0 Å². The maximum atomic E-state index is 12.4. The lowest BCUT2D eigenvalue weighted by Gasteiger charge is -2.28. The molecule has 3 rings (SSSR count). The molecule has 3 heteroatoms. The first-order valence-corrected chi connectivity index (χ1v) is 7.33. The van der Waals surface area contributed by atoms with Crippen LogP contribution < -0.4 is 0 Å². The van der Waals surface area contributed by atoms with Crippen LogP contribution in [0.4, 0.5) is 0 Å². The SMILES string of the molecule is CCC(C)n1ccc(CC(=O)C2Cc3ccccc32)n1. The Balaban J connectivity index is 1.67. The van der Waals surface area contributed by atoms with Crippen molar-refractivity contribution in [3.63, 3.8) is 0 Å². The highest BCUT2D eigenvalue weighted by molar-refractivity contribution is 5.90. The number of hydrogen-bond donors (Lipinski definition) is 0. The topological polar surface area (TPSA) is 34.9 Å². The monoisotopic (exact) mass is 268 g/mol. The second kappa shape index (κ2) is 5.23. The summed E-state index contributed by atoms with van der Waals surface area (Å²) in [5.74, 6) is 0.373. The quantitative estimate of drug-likeness (QED) is 0.834. The van der Waals surface area contributed by atoms with Crippen LogP contribution in [0.2, 0.25) is 0 Å². The molecule has 1 aromatic heterocycles. The van der Waals surface area contributed by atoms with E-state index >= 15 is 0 Å². The molecule has 2 atom stereocenters. The van der Waals surface area contributed by atoms with Gasteiger partial charge < -0.3 is 0 Å². The van der Waals surface area contributed by atoms with Gasteiger partial charge in [0.05, 0.1) is 12.1 Å². The van der Waals surface area contributed by atoms with Crippen molar-refractivity contribution in [3.8, 4) is 0 Å². The zero-order valence-electron chi connectivity index (χ0n) is 12.0. The van der Waals surface area contributed by atoms with Crippen molar-refractivity contribution in [3.05, 3.63) is 53.3 Å². The summed E-state index contributed by atoms with van der Waals surface area (Å²) in [7, 11) is 0. The lowest BCUT2D eigenvalue weighted by molar-refractivity contribution is -0.120. The van der Waals surface area contributed by atoms with E-state index in [4.69, 9.17) is 0 Å². The lowest BCUT2D eigenvalue weighted by Crippen LogP contribution is -2.26. The Morgan fingerprint density at radius 3 is 2.95 bits per heavy atom. The molecular weight excluding hydrogens is 248 g/mol. The van der Waals surface area contributed by atoms with Crippen molar-refractivity contribution < 1.29 is 4.79 Å². The van der Waals surface area contributed by atoms with E-state index in [0.29, 0.717) is 12.5 Å². The fraction of sp³-hybridized carbons (Fsp3) is 0.412. The second-order valence-electron chi connectivity index (χ2n) is 5.64. The summed E-state index contributed by atoms with van der Waals surface area (Å²) in [6.07, 6.45) is 4.36. The third-order valence-electron chi connectivity index (χ3n) is 4.30. The first kappa shape index (κ1) is 13.1. The van der Waals surface area contributed by atoms with Crippen LogP contribution in [0.25, 0.3) is 0 Å².